The van der Waals surface area contributed by atoms with E-state index in [4.69, 9.17) is 5.26 Å². The van der Waals surface area contributed by atoms with Crippen LogP contribution in [0.4, 0.5) is 13.2 Å². The molecule has 0 saturated heterocycles. The van der Waals surface area contributed by atoms with Crippen molar-refractivity contribution in [3.63, 3.8) is 0 Å². The summed E-state index contributed by atoms with van der Waals surface area (Å²) in [7, 11) is 0. The first-order valence-electron chi connectivity index (χ1n) is 7.42. The van der Waals surface area contributed by atoms with E-state index in [1.807, 2.05) is 13.0 Å². The minimum absolute atomic E-state index is 0.140. The summed E-state index contributed by atoms with van der Waals surface area (Å²) in [5.74, 6) is 0. The lowest BCUT2D eigenvalue weighted by Crippen LogP contribution is -2.03. The van der Waals surface area contributed by atoms with Gasteiger partial charge in [-0.25, -0.2) is 4.98 Å². The fraction of sp³-hybridized carbons (Fsp3) is 0.250. The summed E-state index contributed by atoms with van der Waals surface area (Å²) < 4.78 is 38.1. The van der Waals surface area contributed by atoms with Gasteiger partial charge in [-0.05, 0) is 18.6 Å². The molecule has 9 heteroatoms. The molecular weight excluding hydrogens is 351 g/mol. The van der Waals surface area contributed by atoms with Gasteiger partial charge >= 0.3 is 6.18 Å². The lowest BCUT2D eigenvalue weighted by atomic mass is 10.1. The lowest BCUT2D eigenvalue weighted by molar-refractivity contribution is -0.137. The van der Waals surface area contributed by atoms with Crippen LogP contribution in [0.15, 0.2) is 24.3 Å². The van der Waals surface area contributed by atoms with Crippen LogP contribution >= 0.6 is 11.3 Å². The first-order chi connectivity index (χ1) is 11.9. The molecule has 3 rings (SSSR count). The Hall–Kier alpha value is -2.73. The van der Waals surface area contributed by atoms with E-state index < -0.39 is 11.7 Å². The van der Waals surface area contributed by atoms with E-state index in [0.29, 0.717) is 22.0 Å². The molecule has 0 aliphatic rings. The molecule has 0 spiro atoms. The first kappa shape index (κ1) is 17.1. The number of alkyl halides is 3. The Bertz CT molecular complexity index is 919. The maximum atomic E-state index is 12.7. The van der Waals surface area contributed by atoms with Crippen LogP contribution in [0.5, 0.6) is 0 Å². The summed E-state index contributed by atoms with van der Waals surface area (Å²) >= 11 is 1.38. The van der Waals surface area contributed by atoms with Gasteiger partial charge in [-0.1, -0.05) is 25.5 Å². The van der Waals surface area contributed by atoms with Crippen LogP contribution < -0.4 is 0 Å². The molecule has 0 radical (unpaired) electrons. The van der Waals surface area contributed by atoms with Gasteiger partial charge in [-0.15, -0.1) is 16.4 Å². The van der Waals surface area contributed by atoms with Crippen molar-refractivity contribution in [3.05, 3.63) is 40.4 Å². The topological polar surface area (TPSA) is 78.2 Å². The summed E-state index contributed by atoms with van der Waals surface area (Å²) in [6.07, 6.45) is -2.78. The van der Waals surface area contributed by atoms with Gasteiger partial charge < -0.3 is 0 Å². The number of thiazole rings is 1. The average molecular weight is 363 g/mol. The number of hydrogen-bond acceptors (Lipinski definition) is 5. The molecule has 0 fully saturated rings. The second kappa shape index (κ2) is 6.64. The van der Waals surface area contributed by atoms with Crippen molar-refractivity contribution >= 4 is 11.3 Å². The molecule has 0 saturated carbocycles. The minimum atomic E-state index is -4.37. The molecule has 2 heterocycles. The van der Waals surface area contributed by atoms with Gasteiger partial charge in [-0.3, -0.25) is 0 Å². The Kier molecular flexibility index (Phi) is 4.55. The van der Waals surface area contributed by atoms with Crippen molar-refractivity contribution in [2.24, 2.45) is 0 Å². The second-order valence-corrected chi connectivity index (χ2v) is 6.33. The molecule has 0 aliphatic carbocycles. The van der Waals surface area contributed by atoms with Crippen LogP contribution in [0.1, 0.15) is 29.5 Å². The number of nitriles is 1. The van der Waals surface area contributed by atoms with E-state index in [1.165, 1.54) is 23.5 Å². The zero-order chi connectivity index (χ0) is 18.0. The van der Waals surface area contributed by atoms with Gasteiger partial charge in [0.15, 0.2) is 11.4 Å². The Labute approximate surface area is 145 Å². The summed E-state index contributed by atoms with van der Waals surface area (Å²) in [5, 5.41) is 19.9. The average Bonchev–Trinajstić information content (AvgIpc) is 3.20. The normalized spacial score (nSPS) is 11.5. The minimum Gasteiger partial charge on any atom is -0.234 e. The highest BCUT2D eigenvalue weighted by atomic mass is 32.1. The highest BCUT2D eigenvalue weighted by Crippen LogP contribution is 2.36. The molecule has 1 aromatic carbocycles. The van der Waals surface area contributed by atoms with Crippen molar-refractivity contribution in [2.45, 2.75) is 25.9 Å². The molecule has 1 N–H and O–H groups in total. The summed E-state index contributed by atoms with van der Waals surface area (Å²) in [6.45, 7) is 2.01. The van der Waals surface area contributed by atoms with E-state index in [1.54, 1.807) is 0 Å². The maximum Gasteiger partial charge on any atom is 0.416 e. The first-order valence-corrected chi connectivity index (χ1v) is 8.24. The summed E-state index contributed by atoms with van der Waals surface area (Å²) in [6, 6.07) is 6.82. The lowest BCUT2D eigenvalue weighted by Gasteiger charge is -2.06. The monoisotopic (exact) mass is 363 g/mol. The SMILES string of the molecule is CCCc1sc(-c2ccc(C(F)(F)F)cc2)nc1-c1n[nH]nc1C#N. The molecule has 2 aromatic heterocycles. The zero-order valence-electron chi connectivity index (χ0n) is 13.1. The Balaban J connectivity index is 2.04. The summed E-state index contributed by atoms with van der Waals surface area (Å²) in [5.41, 5.74) is 0.933. The van der Waals surface area contributed by atoms with E-state index in [-0.39, 0.29) is 5.69 Å². The number of halogens is 3. The zero-order valence-corrected chi connectivity index (χ0v) is 13.9. The number of nitrogens with zero attached hydrogens (tertiary/aromatic N) is 4. The van der Waals surface area contributed by atoms with Gasteiger partial charge in [0, 0.05) is 10.4 Å². The number of rotatable bonds is 4. The molecule has 0 unspecified atom stereocenters. The number of hydrogen-bond donors (Lipinski definition) is 1. The smallest absolute Gasteiger partial charge is 0.234 e. The number of aromatic amines is 1. The van der Waals surface area contributed by atoms with Gasteiger partial charge in [0.2, 0.25) is 0 Å². The number of benzene rings is 1. The number of H-pyrrole nitrogens is 1. The van der Waals surface area contributed by atoms with Gasteiger partial charge in [0.25, 0.3) is 0 Å². The molecule has 0 aliphatic heterocycles. The second-order valence-electron chi connectivity index (χ2n) is 5.25. The highest BCUT2D eigenvalue weighted by molar-refractivity contribution is 7.15. The van der Waals surface area contributed by atoms with Crippen molar-refractivity contribution in [2.75, 3.05) is 0 Å². The van der Waals surface area contributed by atoms with Crippen molar-refractivity contribution in [1.82, 2.24) is 20.4 Å². The molecule has 0 bridgehead atoms. The number of aryl methyl sites for hydroxylation is 1. The molecule has 128 valence electrons. The number of aromatic nitrogens is 4. The van der Waals surface area contributed by atoms with E-state index >= 15 is 0 Å². The van der Waals surface area contributed by atoms with Crippen LogP contribution in [0.2, 0.25) is 0 Å². The Morgan fingerprint density at radius 2 is 1.88 bits per heavy atom. The molecule has 3 aromatic rings. The van der Waals surface area contributed by atoms with E-state index in [9.17, 15) is 13.2 Å². The molecular formula is C16H12F3N5S. The highest BCUT2D eigenvalue weighted by Gasteiger charge is 2.30. The Morgan fingerprint density at radius 1 is 1.16 bits per heavy atom. The fourth-order valence-electron chi connectivity index (χ4n) is 2.33. The summed E-state index contributed by atoms with van der Waals surface area (Å²) in [4.78, 5) is 5.42. The predicted octanol–water partition coefficient (Wildman–Crippen LogP) is 4.44. The predicted molar refractivity (Wildman–Crippen MR) is 86.6 cm³/mol. The van der Waals surface area contributed by atoms with Gasteiger partial charge in [0.1, 0.15) is 16.8 Å². The third kappa shape index (κ3) is 3.39. The molecule has 5 nitrogen and oxygen atoms in total. The van der Waals surface area contributed by atoms with Crippen LogP contribution in [0.3, 0.4) is 0 Å². The third-order valence-corrected chi connectivity index (χ3v) is 4.68. The van der Waals surface area contributed by atoms with Crippen molar-refractivity contribution < 1.29 is 13.2 Å². The Morgan fingerprint density at radius 3 is 2.48 bits per heavy atom. The molecule has 25 heavy (non-hydrogen) atoms. The standard InChI is InChI=1S/C16H12F3N5S/c1-2-3-12-14(13-11(8-20)22-24-23-13)21-15(25-12)9-4-6-10(7-5-9)16(17,18)19/h4-7H,2-3H2,1H3,(H,22,23,24). The number of nitrogens with one attached hydrogen (secondary N) is 1. The quantitative estimate of drug-likeness (QED) is 0.743. The molecule has 0 atom stereocenters. The van der Waals surface area contributed by atoms with Crippen LogP contribution in [-0.2, 0) is 12.6 Å². The van der Waals surface area contributed by atoms with Gasteiger partial charge in [-0.2, -0.15) is 28.7 Å². The van der Waals surface area contributed by atoms with Crippen molar-refractivity contribution in [1.29, 1.82) is 5.26 Å². The van der Waals surface area contributed by atoms with Crippen LogP contribution in [0.25, 0.3) is 22.0 Å². The van der Waals surface area contributed by atoms with E-state index in [2.05, 4.69) is 20.4 Å². The fourth-order valence-corrected chi connectivity index (χ4v) is 3.50. The third-order valence-electron chi connectivity index (χ3n) is 3.51. The van der Waals surface area contributed by atoms with E-state index in [0.717, 1.165) is 29.9 Å². The van der Waals surface area contributed by atoms with Crippen molar-refractivity contribution in [3.8, 4) is 28.0 Å². The van der Waals surface area contributed by atoms with Crippen LogP contribution in [0, 0.1) is 11.3 Å². The largest absolute Gasteiger partial charge is 0.416 e. The molecule has 0 amide bonds. The maximum absolute atomic E-state index is 12.7. The van der Waals surface area contributed by atoms with Gasteiger partial charge in [0.05, 0.1) is 5.56 Å². The van der Waals surface area contributed by atoms with Crippen LogP contribution in [-0.4, -0.2) is 20.4 Å².